The molecule has 2 atom stereocenters. The van der Waals surface area contributed by atoms with E-state index in [1.165, 1.54) is 51.3 Å². The summed E-state index contributed by atoms with van der Waals surface area (Å²) in [5.41, 5.74) is 4.49. The van der Waals surface area contributed by atoms with Crippen LogP contribution in [0.1, 0.15) is 89.1 Å². The molecule has 2 amide bonds. The van der Waals surface area contributed by atoms with Crippen LogP contribution >= 0.6 is 58.1 Å². The third-order valence-electron chi connectivity index (χ3n) is 16.6. The Morgan fingerprint density at radius 3 is 1.61 bits per heavy atom. The second-order valence-corrected chi connectivity index (χ2v) is 26.9. The van der Waals surface area contributed by atoms with Gasteiger partial charge in [0.2, 0.25) is 0 Å². The van der Waals surface area contributed by atoms with Crippen molar-refractivity contribution in [2.24, 2.45) is 5.16 Å². The van der Waals surface area contributed by atoms with Gasteiger partial charge in [-0.25, -0.2) is 24.4 Å². The number of amides is 2. The first-order valence-electron chi connectivity index (χ1n) is 32.0. The average Bonchev–Trinajstić information content (AvgIpc) is 0.951. The SMILES string of the molecule is Cc1cc(SCC2=C(C(=O)OC(c3ccccc3)c3ccccc3)N3C(=O)[C@@H](NC(=O)/C(=N/OC(=O)c4cc(OC(=O)CCl)c(OC(=O)CCl)cc4C)c4csc(NC(c5ccccc5)(c5ccccc5)c5ccccc5)n4)[C@H]3SC2)n2nc(C(=O)OC(c3ccccc3)c3ccccc3)nc2n1. The van der Waals surface area contributed by atoms with Gasteiger partial charge in [0, 0.05) is 22.6 Å². The van der Waals surface area contributed by atoms with Gasteiger partial charge >= 0.3 is 29.8 Å². The fourth-order valence-electron chi connectivity index (χ4n) is 11.9. The zero-order valence-electron chi connectivity index (χ0n) is 54.7. The topological polar surface area (TPSA) is 261 Å². The number of ether oxygens (including phenoxy) is 4. The minimum absolute atomic E-state index is 0.0620. The molecule has 0 aliphatic carbocycles. The van der Waals surface area contributed by atoms with Gasteiger partial charge in [-0.2, -0.15) is 9.50 Å². The average molecular weight is 1470 g/mol. The van der Waals surface area contributed by atoms with Crippen LogP contribution in [0, 0.1) is 13.8 Å². The van der Waals surface area contributed by atoms with E-state index in [0.717, 1.165) is 45.2 Å². The minimum Gasteiger partial charge on any atom is -0.448 e. The lowest BCUT2D eigenvalue weighted by molar-refractivity contribution is -0.154. The van der Waals surface area contributed by atoms with E-state index in [0.29, 0.717) is 32.6 Å². The molecule has 0 saturated carbocycles. The molecule has 103 heavy (non-hydrogen) atoms. The molecule has 2 aliphatic heterocycles. The summed E-state index contributed by atoms with van der Waals surface area (Å²) in [5, 5.41) is 16.7. The standard InChI is InChI=1S/C77H59Cl2N9O12S3/c1-46-38-58(96-61(89)41-78)59(97-62(90)42-79)40-56(46)72(93)100-86-63(57-45-103-76(81-57)84-77(53-32-18-7-19-33-53,54-34-20-8-21-35-54)55-36-22-9-23-37-55)69(91)82-64-70(92)87-65(73(94)98-66(48-24-10-3-11-25-48)49-26-12-4-13-27-49)52(44-102-71(64)87)43-101-60-39-47(2)80-75-83-68(85-88(60)75)74(95)99-67(50-28-14-5-15-29-50)51-30-16-6-17-31-51/h3-40,45,64,66-67,71H,41-44H2,1-2H3,(H,81,84)(H,82,91)/b86-63+/t64-,71-/m1/s1. The number of alkyl halides is 2. The summed E-state index contributed by atoms with van der Waals surface area (Å²) < 4.78 is 24.7. The van der Waals surface area contributed by atoms with Crippen LogP contribution in [0.25, 0.3) is 5.78 Å². The lowest BCUT2D eigenvalue weighted by Crippen LogP contribution is -2.71. The van der Waals surface area contributed by atoms with Gasteiger partial charge in [0.1, 0.15) is 45.1 Å². The highest BCUT2D eigenvalue weighted by Crippen LogP contribution is 2.45. The molecule has 5 heterocycles. The summed E-state index contributed by atoms with van der Waals surface area (Å²) >= 11 is 15.2. The third-order valence-corrected chi connectivity index (χ3v) is 20.3. The molecule has 0 spiro atoms. The number of hydrogen-bond acceptors (Lipinski definition) is 21. The molecule has 3 aromatic heterocycles. The first-order valence-corrected chi connectivity index (χ1v) is 36.0. The Kier molecular flexibility index (Phi) is 21.6. The second kappa shape index (κ2) is 31.7. The number of thiazole rings is 1. The largest absolute Gasteiger partial charge is 0.448 e. The molecule has 0 unspecified atom stereocenters. The number of thioether (sulfide) groups is 2. The molecule has 0 bridgehead atoms. The third kappa shape index (κ3) is 15.3. The highest BCUT2D eigenvalue weighted by Gasteiger charge is 2.55. The molecule has 26 heteroatoms. The van der Waals surface area contributed by atoms with Gasteiger partial charge in [0.05, 0.1) is 5.56 Å². The van der Waals surface area contributed by atoms with E-state index >= 15 is 14.4 Å². The zero-order chi connectivity index (χ0) is 71.6. The quantitative estimate of drug-likeness (QED) is 0.00515. The Morgan fingerprint density at radius 1 is 0.621 bits per heavy atom. The van der Waals surface area contributed by atoms with E-state index in [9.17, 15) is 19.2 Å². The molecular formula is C77H59Cl2N9O12S3. The number of oxime groups is 1. The van der Waals surface area contributed by atoms with Crippen LogP contribution in [-0.2, 0) is 43.8 Å². The predicted molar refractivity (Wildman–Crippen MR) is 390 cm³/mol. The van der Waals surface area contributed by atoms with Crippen molar-refractivity contribution in [1.29, 1.82) is 0 Å². The Balaban J connectivity index is 0.838. The van der Waals surface area contributed by atoms with Gasteiger partial charge in [-0.15, -0.1) is 63.2 Å². The maximum Gasteiger partial charge on any atom is 0.379 e. The van der Waals surface area contributed by atoms with Gasteiger partial charge in [0.15, 0.2) is 34.6 Å². The van der Waals surface area contributed by atoms with Gasteiger partial charge in [0.25, 0.3) is 23.4 Å². The minimum atomic E-state index is -1.32. The summed E-state index contributed by atoms with van der Waals surface area (Å²) in [5.74, 6) is -8.03. The van der Waals surface area contributed by atoms with Crippen molar-refractivity contribution in [3.63, 3.8) is 0 Å². The second-order valence-electron chi connectivity index (χ2n) is 23.4. The number of esters is 4. The van der Waals surface area contributed by atoms with Crippen LogP contribution < -0.4 is 20.1 Å². The Hall–Kier alpha value is -11.3. The number of hydrogen-bond donors (Lipinski definition) is 2. The van der Waals surface area contributed by atoms with E-state index in [4.69, 9.17) is 52.0 Å². The number of halogens is 2. The van der Waals surface area contributed by atoms with Crippen LogP contribution in [0.3, 0.4) is 0 Å². The maximum absolute atomic E-state index is 15.4. The van der Waals surface area contributed by atoms with Crippen molar-refractivity contribution in [1.82, 2.24) is 34.8 Å². The number of benzene rings is 8. The lowest BCUT2D eigenvalue weighted by atomic mass is 9.77. The zero-order valence-corrected chi connectivity index (χ0v) is 58.6. The van der Waals surface area contributed by atoms with Crippen LogP contribution in [-0.4, -0.2) is 112 Å². The van der Waals surface area contributed by atoms with Crippen LogP contribution in [0.4, 0.5) is 5.13 Å². The Morgan fingerprint density at radius 2 is 1.11 bits per heavy atom. The van der Waals surface area contributed by atoms with Crippen molar-refractivity contribution in [2.45, 2.75) is 48.0 Å². The maximum atomic E-state index is 15.4. The van der Waals surface area contributed by atoms with Crippen LogP contribution in [0.2, 0.25) is 0 Å². The smallest absolute Gasteiger partial charge is 0.379 e. The number of rotatable bonds is 25. The van der Waals surface area contributed by atoms with Gasteiger partial charge < -0.3 is 34.4 Å². The number of nitrogens with one attached hydrogen (secondary N) is 2. The fraction of sp³-hybridized carbons (Fsp3) is 0.143. The van der Waals surface area contributed by atoms with Crippen molar-refractivity contribution in [3.05, 3.63) is 314 Å². The molecule has 2 N–H and O–H groups in total. The first-order chi connectivity index (χ1) is 50.2. The van der Waals surface area contributed by atoms with Gasteiger partial charge in [-0.05, 0) is 82.1 Å². The summed E-state index contributed by atoms with van der Waals surface area (Å²) in [7, 11) is 0. The van der Waals surface area contributed by atoms with Crippen molar-refractivity contribution in [3.8, 4) is 11.5 Å². The summed E-state index contributed by atoms with van der Waals surface area (Å²) in [6.07, 6.45) is -1.72. The highest BCUT2D eigenvalue weighted by molar-refractivity contribution is 8.01. The summed E-state index contributed by atoms with van der Waals surface area (Å²) in [4.78, 5) is 120. The molecule has 8 aromatic carbocycles. The number of anilines is 1. The molecule has 1 fully saturated rings. The number of aryl methyl sites for hydroxylation is 2. The summed E-state index contributed by atoms with van der Waals surface area (Å²) in [6.45, 7) is 3.25. The number of carbonyl (C=O) groups excluding carboxylic acids is 7. The molecule has 0 radical (unpaired) electrons. The lowest BCUT2D eigenvalue weighted by Gasteiger charge is -2.49. The fourth-order valence-corrected chi connectivity index (χ4v) is 15.2. The van der Waals surface area contributed by atoms with E-state index in [-0.39, 0.29) is 57.1 Å². The molecule has 13 rings (SSSR count). The number of carbonyl (C=O) groups is 7. The number of aromatic nitrogens is 5. The number of nitrogens with zero attached hydrogens (tertiary/aromatic N) is 7. The Labute approximate surface area is 612 Å². The number of β-lactam (4-membered cyclic amide) rings is 1. The van der Waals surface area contributed by atoms with Gasteiger partial charge in [-0.3, -0.25) is 24.1 Å². The summed E-state index contributed by atoms with van der Waals surface area (Å²) in [6, 6.07) is 68.9. The molecular weight excluding hydrogens is 1410 g/mol. The molecule has 516 valence electrons. The molecule has 21 nitrogen and oxygen atoms in total. The van der Waals surface area contributed by atoms with Crippen molar-refractivity contribution < 1.29 is 57.3 Å². The van der Waals surface area contributed by atoms with Crippen LogP contribution in [0.5, 0.6) is 11.5 Å². The van der Waals surface area contributed by atoms with Crippen molar-refractivity contribution in [2.75, 3.05) is 28.6 Å². The first kappa shape index (κ1) is 70.2. The monoisotopic (exact) mass is 1470 g/mol. The van der Waals surface area contributed by atoms with Crippen LogP contribution in [0.15, 0.2) is 257 Å². The molecule has 1 saturated heterocycles. The molecule has 11 aromatic rings. The predicted octanol–water partition coefficient (Wildman–Crippen LogP) is 13.2. The molecule has 2 aliphatic rings. The number of fused-ring (bicyclic) bond motifs is 2. The van der Waals surface area contributed by atoms with Gasteiger partial charge in [-0.1, -0.05) is 217 Å². The van der Waals surface area contributed by atoms with E-state index in [1.54, 1.807) is 13.0 Å². The van der Waals surface area contributed by atoms with Crippen molar-refractivity contribution >= 4 is 116 Å². The van der Waals surface area contributed by atoms with E-state index < -0.39 is 88.3 Å². The Bertz CT molecular complexity index is 4870. The van der Waals surface area contributed by atoms with E-state index in [1.807, 2.05) is 212 Å². The highest BCUT2D eigenvalue weighted by atomic mass is 35.5. The normalized spacial score (nSPS) is 14.3. The van der Waals surface area contributed by atoms with E-state index in [2.05, 4.69) is 30.9 Å².